The van der Waals surface area contributed by atoms with Crippen LogP contribution in [0.4, 0.5) is 10.5 Å². The zero-order valence-electron chi connectivity index (χ0n) is 10.9. The third kappa shape index (κ3) is 2.18. The van der Waals surface area contributed by atoms with Gasteiger partial charge in [0.05, 0.1) is 6.54 Å². The summed E-state index contributed by atoms with van der Waals surface area (Å²) in [5.74, 6) is -0.444. The predicted octanol–water partition coefficient (Wildman–Crippen LogP) is 1.55. The summed E-state index contributed by atoms with van der Waals surface area (Å²) in [5, 5.41) is 7.49. The Bertz CT molecular complexity index is 699. The van der Waals surface area contributed by atoms with Gasteiger partial charge in [-0.2, -0.15) is 0 Å². The third-order valence-electron chi connectivity index (χ3n) is 3.58. The molecule has 5 nitrogen and oxygen atoms in total. The molecule has 102 valence electrons. The minimum atomic E-state index is -0.836. The number of anilines is 1. The van der Waals surface area contributed by atoms with E-state index in [1.54, 1.807) is 0 Å². The van der Waals surface area contributed by atoms with Gasteiger partial charge in [0, 0.05) is 11.1 Å². The Hall–Kier alpha value is -2.56. The third-order valence-corrected chi connectivity index (χ3v) is 3.58. The van der Waals surface area contributed by atoms with Gasteiger partial charge < -0.3 is 11.1 Å². The quantitative estimate of drug-likeness (QED) is 0.790. The van der Waals surface area contributed by atoms with Crippen LogP contribution in [0.1, 0.15) is 11.1 Å². The summed E-state index contributed by atoms with van der Waals surface area (Å²) in [6.07, 6.45) is 2.14. The molecule has 0 saturated carbocycles. The van der Waals surface area contributed by atoms with Gasteiger partial charge in [-0.25, -0.2) is 4.79 Å². The topological polar surface area (TPSA) is 84.2 Å². The van der Waals surface area contributed by atoms with E-state index in [2.05, 4.69) is 17.4 Å². The average molecular weight is 269 g/mol. The first-order valence-corrected chi connectivity index (χ1v) is 6.52. The fraction of sp³-hybridized carbons (Fsp3) is 0.200. The Labute approximate surface area is 116 Å². The molecule has 3 amide bonds. The molecule has 2 aromatic rings. The van der Waals surface area contributed by atoms with Crippen LogP contribution in [0.5, 0.6) is 0 Å². The van der Waals surface area contributed by atoms with Crippen molar-refractivity contribution in [3.63, 3.8) is 0 Å². The molecule has 3 rings (SSSR count). The van der Waals surface area contributed by atoms with E-state index in [4.69, 9.17) is 5.73 Å². The van der Waals surface area contributed by atoms with E-state index >= 15 is 0 Å². The van der Waals surface area contributed by atoms with Crippen LogP contribution >= 0.6 is 0 Å². The summed E-state index contributed by atoms with van der Waals surface area (Å²) >= 11 is 0. The van der Waals surface area contributed by atoms with Gasteiger partial charge in [-0.05, 0) is 35.4 Å². The number of amides is 3. The van der Waals surface area contributed by atoms with Gasteiger partial charge in [0.2, 0.25) is 5.91 Å². The number of aryl methyl sites for hydroxylation is 2. The number of benzene rings is 2. The lowest BCUT2D eigenvalue weighted by molar-refractivity contribution is -0.118. The molecule has 20 heavy (non-hydrogen) atoms. The Morgan fingerprint density at radius 2 is 1.85 bits per heavy atom. The van der Waals surface area contributed by atoms with Gasteiger partial charge in [-0.3, -0.25) is 10.1 Å². The predicted molar refractivity (Wildman–Crippen MR) is 77.6 cm³/mol. The van der Waals surface area contributed by atoms with Crippen molar-refractivity contribution < 1.29 is 9.59 Å². The fourth-order valence-corrected chi connectivity index (χ4v) is 2.76. The van der Waals surface area contributed by atoms with Crippen LogP contribution in [0.15, 0.2) is 30.3 Å². The van der Waals surface area contributed by atoms with Crippen molar-refractivity contribution in [1.82, 2.24) is 5.32 Å². The Kier molecular flexibility index (Phi) is 3.02. The number of rotatable bonds is 3. The molecule has 0 aromatic heterocycles. The van der Waals surface area contributed by atoms with Crippen molar-refractivity contribution in [1.29, 1.82) is 0 Å². The highest BCUT2D eigenvalue weighted by Crippen LogP contribution is 2.34. The molecule has 0 atom stereocenters. The summed E-state index contributed by atoms with van der Waals surface area (Å²) in [6.45, 7) is 0.0155. The van der Waals surface area contributed by atoms with Crippen molar-refractivity contribution in [2.24, 2.45) is 5.73 Å². The van der Waals surface area contributed by atoms with Crippen LogP contribution in [-0.2, 0) is 17.6 Å². The number of nitrogens with one attached hydrogen (secondary N) is 2. The highest BCUT2D eigenvalue weighted by Gasteiger charge is 2.15. The van der Waals surface area contributed by atoms with E-state index in [0.717, 1.165) is 23.9 Å². The summed E-state index contributed by atoms with van der Waals surface area (Å²) in [5.41, 5.74) is 8.50. The Morgan fingerprint density at radius 3 is 2.60 bits per heavy atom. The number of carbonyl (C=O) groups excluding carboxylic acids is 2. The molecule has 0 aliphatic heterocycles. The van der Waals surface area contributed by atoms with Gasteiger partial charge >= 0.3 is 6.03 Å². The first-order valence-electron chi connectivity index (χ1n) is 6.52. The van der Waals surface area contributed by atoms with Crippen LogP contribution in [0.25, 0.3) is 10.8 Å². The summed E-state index contributed by atoms with van der Waals surface area (Å²) in [7, 11) is 0. The summed E-state index contributed by atoms with van der Waals surface area (Å²) in [6, 6.07) is 9.45. The van der Waals surface area contributed by atoms with Crippen LogP contribution in [0.2, 0.25) is 0 Å². The van der Waals surface area contributed by atoms with Crippen molar-refractivity contribution in [2.75, 3.05) is 11.9 Å². The van der Waals surface area contributed by atoms with Crippen molar-refractivity contribution in [3.05, 3.63) is 41.5 Å². The molecular weight excluding hydrogens is 254 g/mol. The number of urea groups is 1. The van der Waals surface area contributed by atoms with Gasteiger partial charge in [0.1, 0.15) is 0 Å². The molecule has 2 aromatic carbocycles. The van der Waals surface area contributed by atoms with Gasteiger partial charge in [-0.15, -0.1) is 0 Å². The van der Waals surface area contributed by atoms with E-state index < -0.39 is 11.9 Å². The van der Waals surface area contributed by atoms with Crippen LogP contribution in [0, 0.1) is 0 Å². The summed E-state index contributed by atoms with van der Waals surface area (Å²) < 4.78 is 0. The molecule has 1 aliphatic rings. The minimum Gasteiger partial charge on any atom is -0.376 e. The monoisotopic (exact) mass is 269 g/mol. The minimum absolute atomic E-state index is 0.0155. The maximum atomic E-state index is 11.4. The van der Waals surface area contributed by atoms with Crippen LogP contribution in [-0.4, -0.2) is 18.5 Å². The maximum Gasteiger partial charge on any atom is 0.318 e. The second kappa shape index (κ2) is 4.85. The van der Waals surface area contributed by atoms with Crippen molar-refractivity contribution in [2.45, 2.75) is 12.8 Å². The highest BCUT2D eigenvalue weighted by molar-refractivity contribution is 6.01. The number of primary amides is 1. The molecule has 0 spiro atoms. The number of hydrogen-bond donors (Lipinski definition) is 3. The van der Waals surface area contributed by atoms with E-state index in [1.807, 2.05) is 23.5 Å². The fourth-order valence-electron chi connectivity index (χ4n) is 2.76. The molecule has 0 unspecified atom stereocenters. The average Bonchev–Trinajstić information content (AvgIpc) is 2.83. The lowest BCUT2D eigenvalue weighted by Gasteiger charge is -2.11. The lowest BCUT2D eigenvalue weighted by Crippen LogP contribution is -2.38. The van der Waals surface area contributed by atoms with Crippen LogP contribution in [0.3, 0.4) is 0 Å². The molecule has 0 heterocycles. The zero-order valence-corrected chi connectivity index (χ0v) is 10.9. The van der Waals surface area contributed by atoms with Crippen LogP contribution < -0.4 is 16.4 Å². The van der Waals surface area contributed by atoms with Gasteiger partial charge in [-0.1, -0.05) is 24.3 Å². The lowest BCUT2D eigenvalue weighted by atomic mass is 10.0. The molecule has 0 bridgehead atoms. The number of hydrogen-bond acceptors (Lipinski definition) is 3. The normalized spacial score (nSPS) is 12.4. The van der Waals surface area contributed by atoms with Crippen molar-refractivity contribution >= 4 is 28.4 Å². The highest BCUT2D eigenvalue weighted by atomic mass is 16.2. The number of nitrogens with two attached hydrogens (primary N) is 1. The van der Waals surface area contributed by atoms with Crippen molar-refractivity contribution in [3.8, 4) is 0 Å². The first-order chi connectivity index (χ1) is 9.65. The van der Waals surface area contributed by atoms with E-state index in [-0.39, 0.29) is 6.54 Å². The molecule has 5 heteroatoms. The molecule has 0 radical (unpaired) electrons. The maximum absolute atomic E-state index is 11.4. The zero-order chi connectivity index (χ0) is 14.1. The molecular formula is C15H15N3O2. The number of carbonyl (C=O) groups is 2. The van der Waals surface area contributed by atoms with E-state index in [0.29, 0.717) is 0 Å². The molecule has 1 aliphatic carbocycles. The second-order valence-corrected chi connectivity index (χ2v) is 4.88. The molecule has 0 fully saturated rings. The Morgan fingerprint density at radius 1 is 1.10 bits per heavy atom. The smallest absolute Gasteiger partial charge is 0.318 e. The largest absolute Gasteiger partial charge is 0.376 e. The first kappa shape index (κ1) is 12.5. The van der Waals surface area contributed by atoms with Gasteiger partial charge in [0.25, 0.3) is 0 Å². The molecule has 0 saturated heterocycles. The molecule has 4 N–H and O–H groups in total. The Balaban J connectivity index is 1.86. The number of imide groups is 1. The summed E-state index contributed by atoms with van der Waals surface area (Å²) in [4.78, 5) is 22.0. The van der Waals surface area contributed by atoms with Gasteiger partial charge in [0.15, 0.2) is 0 Å². The SMILES string of the molecule is NC(=O)NC(=O)CNc1ccc2c3c(cccc13)CC2. The van der Waals surface area contributed by atoms with E-state index in [1.165, 1.54) is 16.5 Å². The standard InChI is InChI=1S/C15H15N3O2/c16-15(20)18-13(19)8-17-12-7-6-10-5-4-9-2-1-3-11(12)14(9)10/h1-3,6-7,17H,4-5,8H2,(H3,16,18,19,20). The second-order valence-electron chi connectivity index (χ2n) is 4.88. The van der Waals surface area contributed by atoms with E-state index in [9.17, 15) is 9.59 Å².